The van der Waals surface area contributed by atoms with Crippen LogP contribution in [0.25, 0.3) is 0 Å². The summed E-state index contributed by atoms with van der Waals surface area (Å²) in [6, 6.07) is 5.56. The number of hydrogen-bond acceptors (Lipinski definition) is 5. The van der Waals surface area contributed by atoms with Gasteiger partial charge in [-0.15, -0.1) is 0 Å². The van der Waals surface area contributed by atoms with E-state index in [0.29, 0.717) is 18.5 Å². The number of nitrogens with zero attached hydrogens (tertiary/aromatic N) is 1. The van der Waals surface area contributed by atoms with E-state index in [1.807, 2.05) is 0 Å². The Morgan fingerprint density at radius 3 is 2.25 bits per heavy atom. The Hall–Kier alpha value is -2.13. The molecule has 1 fully saturated rings. The SMILES string of the molecule is CCN(C(=O)NCC(C)(O)C(=O)O)c1ccc(S(=O)(=O)C2CCCCC2)cc1. The van der Waals surface area contributed by atoms with Crippen molar-refractivity contribution in [2.45, 2.75) is 61.7 Å². The molecule has 2 rings (SSSR count). The monoisotopic (exact) mass is 412 g/mol. The van der Waals surface area contributed by atoms with Gasteiger partial charge in [-0.2, -0.15) is 0 Å². The Morgan fingerprint density at radius 1 is 1.18 bits per heavy atom. The van der Waals surface area contributed by atoms with E-state index in [4.69, 9.17) is 5.11 Å². The van der Waals surface area contributed by atoms with Crippen LogP contribution >= 0.6 is 0 Å². The number of carboxylic acids is 1. The molecule has 2 amide bonds. The zero-order chi connectivity index (χ0) is 20.9. The van der Waals surface area contributed by atoms with Crippen molar-refractivity contribution in [3.05, 3.63) is 24.3 Å². The summed E-state index contributed by atoms with van der Waals surface area (Å²) in [5, 5.41) is 20.7. The molecule has 1 aromatic rings. The normalized spacial score (nSPS) is 17.5. The lowest BCUT2D eigenvalue weighted by atomic mass is 10.0. The summed E-state index contributed by atoms with van der Waals surface area (Å²) in [6.45, 7) is 2.67. The number of urea groups is 1. The van der Waals surface area contributed by atoms with Gasteiger partial charge in [-0.25, -0.2) is 18.0 Å². The molecule has 0 bridgehead atoms. The van der Waals surface area contributed by atoms with Crippen molar-refractivity contribution in [1.29, 1.82) is 0 Å². The van der Waals surface area contributed by atoms with Gasteiger partial charge in [-0.3, -0.25) is 4.90 Å². The number of carbonyl (C=O) groups is 2. The molecule has 1 aliphatic carbocycles. The maximum atomic E-state index is 12.8. The quantitative estimate of drug-likeness (QED) is 0.630. The molecule has 8 nitrogen and oxygen atoms in total. The summed E-state index contributed by atoms with van der Waals surface area (Å²) in [5.74, 6) is -1.44. The third-order valence-corrected chi connectivity index (χ3v) is 7.35. The third-order valence-electron chi connectivity index (χ3n) is 5.07. The number of nitrogens with one attached hydrogen (secondary N) is 1. The molecule has 1 aliphatic rings. The molecule has 1 atom stereocenters. The average Bonchev–Trinajstić information content (AvgIpc) is 2.68. The maximum absolute atomic E-state index is 12.8. The number of carboxylic acid groups (broad SMARTS) is 1. The van der Waals surface area contributed by atoms with Crippen LogP contribution in [0.5, 0.6) is 0 Å². The number of carbonyl (C=O) groups excluding carboxylic acids is 1. The summed E-state index contributed by atoms with van der Waals surface area (Å²) >= 11 is 0. The van der Waals surface area contributed by atoms with E-state index in [-0.39, 0.29) is 16.7 Å². The van der Waals surface area contributed by atoms with Gasteiger partial charge in [0.15, 0.2) is 15.4 Å². The number of sulfone groups is 1. The molecule has 0 spiro atoms. The molecule has 3 N–H and O–H groups in total. The molecule has 0 aliphatic heterocycles. The Kier molecular flexibility index (Phi) is 7.06. The molecule has 28 heavy (non-hydrogen) atoms. The maximum Gasteiger partial charge on any atom is 0.337 e. The fourth-order valence-electron chi connectivity index (χ4n) is 3.25. The fourth-order valence-corrected chi connectivity index (χ4v) is 5.10. The highest BCUT2D eigenvalue weighted by Crippen LogP contribution is 2.29. The smallest absolute Gasteiger partial charge is 0.337 e. The lowest BCUT2D eigenvalue weighted by Crippen LogP contribution is -2.50. The van der Waals surface area contributed by atoms with Gasteiger partial charge < -0.3 is 15.5 Å². The lowest BCUT2D eigenvalue weighted by molar-refractivity contribution is -0.155. The van der Waals surface area contributed by atoms with E-state index >= 15 is 0 Å². The first-order valence-electron chi connectivity index (χ1n) is 9.44. The molecular weight excluding hydrogens is 384 g/mol. The second-order valence-corrected chi connectivity index (χ2v) is 9.51. The number of amides is 2. The zero-order valence-corrected chi connectivity index (χ0v) is 17.0. The van der Waals surface area contributed by atoms with E-state index < -0.39 is 34.0 Å². The molecule has 0 saturated heterocycles. The predicted molar refractivity (Wildman–Crippen MR) is 105 cm³/mol. The van der Waals surface area contributed by atoms with Crippen molar-refractivity contribution in [3.8, 4) is 0 Å². The molecule has 1 saturated carbocycles. The van der Waals surface area contributed by atoms with E-state index in [9.17, 15) is 23.1 Å². The minimum atomic E-state index is -3.39. The number of aliphatic hydroxyl groups is 1. The molecule has 9 heteroatoms. The van der Waals surface area contributed by atoms with E-state index in [1.54, 1.807) is 19.1 Å². The van der Waals surface area contributed by atoms with Crippen molar-refractivity contribution >= 4 is 27.5 Å². The minimum Gasteiger partial charge on any atom is -0.479 e. The molecule has 1 aromatic carbocycles. The van der Waals surface area contributed by atoms with Gasteiger partial charge in [-0.05, 0) is 51.0 Å². The van der Waals surface area contributed by atoms with Crippen LogP contribution < -0.4 is 10.2 Å². The summed E-state index contributed by atoms with van der Waals surface area (Å²) in [4.78, 5) is 24.9. The Labute approximate surface area is 165 Å². The average molecular weight is 413 g/mol. The first-order chi connectivity index (χ1) is 13.1. The van der Waals surface area contributed by atoms with Crippen LogP contribution in [-0.2, 0) is 14.6 Å². The largest absolute Gasteiger partial charge is 0.479 e. The lowest BCUT2D eigenvalue weighted by Gasteiger charge is -2.25. The van der Waals surface area contributed by atoms with Crippen molar-refractivity contribution in [2.24, 2.45) is 0 Å². The Balaban J connectivity index is 2.11. The van der Waals surface area contributed by atoms with Crippen LogP contribution in [0, 0.1) is 0 Å². The molecular formula is C19H28N2O6S. The minimum absolute atomic E-state index is 0.244. The number of aliphatic carboxylic acids is 1. The molecule has 0 aromatic heterocycles. The first kappa shape index (κ1) is 22.2. The zero-order valence-electron chi connectivity index (χ0n) is 16.2. The fraction of sp³-hybridized carbons (Fsp3) is 0.579. The van der Waals surface area contributed by atoms with Gasteiger partial charge in [0.25, 0.3) is 0 Å². The standard InChI is InChI=1S/C19H28N2O6S/c1-3-21(18(24)20-13-19(2,25)17(22)23)14-9-11-16(12-10-14)28(26,27)15-7-5-4-6-8-15/h9-12,15,25H,3-8,13H2,1-2H3,(H,20,24)(H,22,23). The molecule has 1 unspecified atom stereocenters. The Bertz CT molecular complexity index is 798. The van der Waals surface area contributed by atoms with Crippen LogP contribution in [-0.4, -0.2) is 54.6 Å². The Morgan fingerprint density at radius 2 is 1.75 bits per heavy atom. The number of anilines is 1. The number of benzene rings is 1. The van der Waals surface area contributed by atoms with Crippen molar-refractivity contribution in [1.82, 2.24) is 5.32 Å². The van der Waals surface area contributed by atoms with E-state index in [1.165, 1.54) is 17.0 Å². The third kappa shape index (κ3) is 5.02. The summed E-state index contributed by atoms with van der Waals surface area (Å²) < 4.78 is 25.5. The first-order valence-corrected chi connectivity index (χ1v) is 11.0. The van der Waals surface area contributed by atoms with Gasteiger partial charge >= 0.3 is 12.0 Å². The van der Waals surface area contributed by atoms with Crippen LogP contribution in [0.3, 0.4) is 0 Å². The highest BCUT2D eigenvalue weighted by Gasteiger charge is 2.31. The summed E-state index contributed by atoms with van der Waals surface area (Å²) in [5.41, 5.74) is -1.59. The highest BCUT2D eigenvalue weighted by molar-refractivity contribution is 7.92. The van der Waals surface area contributed by atoms with Gasteiger partial charge in [0.2, 0.25) is 0 Å². The number of rotatable bonds is 7. The van der Waals surface area contributed by atoms with E-state index in [0.717, 1.165) is 26.2 Å². The second kappa shape index (κ2) is 8.91. The van der Waals surface area contributed by atoms with Crippen molar-refractivity contribution in [2.75, 3.05) is 18.0 Å². The van der Waals surface area contributed by atoms with Gasteiger partial charge in [0, 0.05) is 12.2 Å². The van der Waals surface area contributed by atoms with Gasteiger partial charge in [-0.1, -0.05) is 19.3 Å². The van der Waals surface area contributed by atoms with Gasteiger partial charge in [0.1, 0.15) is 0 Å². The highest BCUT2D eigenvalue weighted by atomic mass is 32.2. The van der Waals surface area contributed by atoms with Crippen LogP contribution in [0.4, 0.5) is 10.5 Å². The van der Waals surface area contributed by atoms with Crippen LogP contribution in [0.1, 0.15) is 46.0 Å². The van der Waals surface area contributed by atoms with Gasteiger partial charge in [0.05, 0.1) is 16.7 Å². The predicted octanol–water partition coefficient (Wildman–Crippen LogP) is 2.16. The van der Waals surface area contributed by atoms with Crippen molar-refractivity contribution < 1.29 is 28.2 Å². The van der Waals surface area contributed by atoms with E-state index in [2.05, 4.69) is 5.32 Å². The topological polar surface area (TPSA) is 124 Å². The molecule has 0 heterocycles. The molecule has 156 valence electrons. The summed E-state index contributed by atoms with van der Waals surface area (Å²) in [7, 11) is -3.39. The van der Waals surface area contributed by atoms with Crippen LogP contribution in [0.15, 0.2) is 29.2 Å². The number of hydrogen-bond donors (Lipinski definition) is 3. The van der Waals surface area contributed by atoms with Crippen molar-refractivity contribution in [3.63, 3.8) is 0 Å². The molecule has 0 radical (unpaired) electrons. The van der Waals surface area contributed by atoms with Crippen LogP contribution in [0.2, 0.25) is 0 Å². The summed E-state index contributed by atoms with van der Waals surface area (Å²) in [6.07, 6.45) is 4.27. The second-order valence-electron chi connectivity index (χ2n) is 7.28.